The van der Waals surface area contributed by atoms with Crippen molar-refractivity contribution < 1.29 is 18.7 Å². The Kier molecular flexibility index (Phi) is 5.27. The van der Waals surface area contributed by atoms with Gasteiger partial charge in [-0.15, -0.1) is 0 Å². The van der Waals surface area contributed by atoms with Gasteiger partial charge in [0.2, 0.25) is 5.91 Å². The van der Waals surface area contributed by atoms with E-state index in [1.165, 1.54) is 6.07 Å². The van der Waals surface area contributed by atoms with Gasteiger partial charge in [0.1, 0.15) is 17.9 Å². The van der Waals surface area contributed by atoms with Crippen LogP contribution in [0.25, 0.3) is 11.0 Å². The largest absolute Gasteiger partial charge is 0.490 e. The van der Waals surface area contributed by atoms with Gasteiger partial charge < -0.3 is 19.4 Å². The molecular weight excluding hydrogens is 396 g/mol. The van der Waals surface area contributed by atoms with Crippen LogP contribution in [0.1, 0.15) is 37.7 Å². The molecule has 31 heavy (non-hydrogen) atoms. The van der Waals surface area contributed by atoms with E-state index >= 15 is 0 Å². The molecule has 0 fully saturated rings. The number of ether oxygens (including phenoxy) is 1. The van der Waals surface area contributed by atoms with E-state index in [1.807, 2.05) is 20.8 Å². The van der Waals surface area contributed by atoms with Crippen LogP contribution in [0.2, 0.25) is 0 Å². The molecule has 7 nitrogen and oxygen atoms in total. The number of carbonyl (C=O) groups excluding carboxylic acids is 2. The van der Waals surface area contributed by atoms with Gasteiger partial charge in [0.25, 0.3) is 5.91 Å². The molecule has 4 rings (SSSR count). The molecule has 1 aliphatic rings. The summed E-state index contributed by atoms with van der Waals surface area (Å²) in [5, 5.41) is 3.16. The van der Waals surface area contributed by atoms with E-state index in [1.54, 1.807) is 47.4 Å². The maximum Gasteiger partial charge on any atom is 0.291 e. The van der Waals surface area contributed by atoms with Gasteiger partial charge in [-0.1, -0.05) is 19.1 Å². The molecule has 0 unspecified atom stereocenters. The Morgan fingerprint density at radius 1 is 1.13 bits per heavy atom. The number of para-hydroxylation sites is 1. The van der Waals surface area contributed by atoms with Crippen LogP contribution >= 0.6 is 0 Å². The number of anilines is 2. The van der Waals surface area contributed by atoms with Gasteiger partial charge in [-0.3, -0.25) is 14.4 Å². The predicted octanol–water partition coefficient (Wildman–Crippen LogP) is 4.21. The Bertz CT molecular complexity index is 1230. The number of hydrogen-bond acceptors (Lipinski definition) is 5. The summed E-state index contributed by atoms with van der Waals surface area (Å²) in [6.45, 7) is 6.53. The van der Waals surface area contributed by atoms with Gasteiger partial charge in [0.05, 0.1) is 16.5 Å². The molecule has 1 aliphatic heterocycles. The summed E-state index contributed by atoms with van der Waals surface area (Å²) in [4.78, 5) is 39.7. The third kappa shape index (κ3) is 3.91. The number of nitrogens with zero attached hydrogens (tertiary/aromatic N) is 1. The van der Waals surface area contributed by atoms with Crippen molar-refractivity contribution >= 4 is 34.2 Å². The Balaban J connectivity index is 1.64. The molecule has 2 aromatic carbocycles. The maximum absolute atomic E-state index is 12.9. The first kappa shape index (κ1) is 20.7. The summed E-state index contributed by atoms with van der Waals surface area (Å²) >= 11 is 0. The van der Waals surface area contributed by atoms with E-state index in [-0.39, 0.29) is 23.7 Å². The lowest BCUT2D eigenvalue weighted by molar-refractivity contribution is -0.127. The fraction of sp³-hybridized carbons (Fsp3) is 0.292. The van der Waals surface area contributed by atoms with Gasteiger partial charge in [0.15, 0.2) is 11.2 Å². The standard InChI is InChI=1S/C24H24N2O5/c1-4-11-26-17-10-9-15(12-20(17)30-14-24(2,3)23(26)29)25-22(28)21-13-18(27)16-7-5-6-8-19(16)31-21/h5-10,12-13H,4,11,14H2,1-3H3,(H,25,28). The molecule has 0 radical (unpaired) electrons. The average Bonchev–Trinajstić information content (AvgIpc) is 2.84. The highest BCUT2D eigenvalue weighted by Gasteiger charge is 2.37. The molecule has 0 saturated carbocycles. The fourth-order valence-electron chi connectivity index (χ4n) is 3.58. The van der Waals surface area contributed by atoms with Gasteiger partial charge in [-0.2, -0.15) is 0 Å². The second-order valence-corrected chi connectivity index (χ2v) is 8.24. The third-order valence-electron chi connectivity index (χ3n) is 5.23. The van der Waals surface area contributed by atoms with Crippen molar-refractivity contribution in [1.29, 1.82) is 0 Å². The van der Waals surface area contributed by atoms with Crippen molar-refractivity contribution in [3.05, 3.63) is 64.5 Å². The summed E-state index contributed by atoms with van der Waals surface area (Å²) in [5.41, 5.74) is 0.553. The predicted molar refractivity (Wildman–Crippen MR) is 119 cm³/mol. The Labute approximate surface area is 179 Å². The lowest BCUT2D eigenvalue weighted by Crippen LogP contribution is -2.42. The molecule has 0 bridgehead atoms. The Morgan fingerprint density at radius 3 is 2.68 bits per heavy atom. The number of nitrogens with one attached hydrogen (secondary N) is 1. The number of benzene rings is 2. The van der Waals surface area contributed by atoms with Crippen molar-refractivity contribution in [3.63, 3.8) is 0 Å². The molecular formula is C24H24N2O5. The van der Waals surface area contributed by atoms with Crippen LogP contribution in [0.3, 0.4) is 0 Å². The first-order chi connectivity index (χ1) is 14.8. The summed E-state index contributed by atoms with van der Waals surface area (Å²) in [5.74, 6) is -0.102. The number of fused-ring (bicyclic) bond motifs is 2. The van der Waals surface area contributed by atoms with Crippen LogP contribution in [-0.2, 0) is 4.79 Å². The molecule has 1 N–H and O–H groups in total. The first-order valence-electron chi connectivity index (χ1n) is 10.2. The lowest BCUT2D eigenvalue weighted by Gasteiger charge is -2.27. The monoisotopic (exact) mass is 420 g/mol. The minimum atomic E-state index is -0.661. The third-order valence-corrected chi connectivity index (χ3v) is 5.23. The molecule has 0 saturated heterocycles. The molecule has 0 aliphatic carbocycles. The van der Waals surface area contributed by atoms with E-state index in [0.717, 1.165) is 6.42 Å². The number of carbonyl (C=O) groups is 2. The zero-order valence-corrected chi connectivity index (χ0v) is 17.7. The SMILES string of the molecule is CCCN1C(=O)C(C)(C)COc2cc(NC(=O)c3cc(=O)c4ccccc4o3)ccc21. The Hall–Kier alpha value is -3.61. The smallest absolute Gasteiger partial charge is 0.291 e. The average molecular weight is 420 g/mol. The van der Waals surface area contributed by atoms with Crippen molar-refractivity contribution in [2.24, 2.45) is 5.41 Å². The number of hydrogen-bond donors (Lipinski definition) is 1. The molecule has 3 aromatic rings. The second kappa shape index (κ2) is 7.91. The van der Waals surface area contributed by atoms with Crippen molar-refractivity contribution in [2.45, 2.75) is 27.2 Å². The normalized spacial score (nSPS) is 15.2. The van der Waals surface area contributed by atoms with Gasteiger partial charge >= 0.3 is 0 Å². The summed E-state index contributed by atoms with van der Waals surface area (Å²) in [6.07, 6.45) is 0.806. The fourth-order valence-corrected chi connectivity index (χ4v) is 3.58. The van der Waals surface area contributed by atoms with Crippen LogP contribution in [0.15, 0.2) is 57.7 Å². The van der Waals surface area contributed by atoms with Crippen LogP contribution in [-0.4, -0.2) is 25.0 Å². The van der Waals surface area contributed by atoms with E-state index in [4.69, 9.17) is 9.15 Å². The number of rotatable bonds is 4. The molecule has 7 heteroatoms. The van der Waals surface area contributed by atoms with Crippen molar-refractivity contribution in [3.8, 4) is 5.75 Å². The van der Waals surface area contributed by atoms with E-state index < -0.39 is 11.3 Å². The van der Waals surface area contributed by atoms with E-state index in [0.29, 0.717) is 34.6 Å². The molecule has 0 atom stereocenters. The minimum absolute atomic E-state index is 0.00262. The number of amides is 2. The minimum Gasteiger partial charge on any atom is -0.490 e. The molecule has 1 aromatic heterocycles. The summed E-state index contributed by atoms with van der Waals surface area (Å²) < 4.78 is 11.5. The zero-order chi connectivity index (χ0) is 22.2. The quantitative estimate of drug-likeness (QED) is 0.683. The van der Waals surface area contributed by atoms with Gasteiger partial charge in [-0.05, 0) is 44.5 Å². The van der Waals surface area contributed by atoms with Crippen LogP contribution < -0.4 is 20.4 Å². The van der Waals surface area contributed by atoms with Crippen LogP contribution in [0.4, 0.5) is 11.4 Å². The van der Waals surface area contributed by atoms with E-state index in [2.05, 4.69) is 5.32 Å². The summed E-state index contributed by atoms with van der Waals surface area (Å²) in [7, 11) is 0. The lowest BCUT2D eigenvalue weighted by atomic mass is 9.93. The molecule has 160 valence electrons. The highest BCUT2D eigenvalue weighted by atomic mass is 16.5. The van der Waals surface area contributed by atoms with Gasteiger partial charge in [-0.25, -0.2) is 0 Å². The topological polar surface area (TPSA) is 88.9 Å². The van der Waals surface area contributed by atoms with Crippen molar-refractivity contribution in [2.75, 3.05) is 23.4 Å². The Morgan fingerprint density at radius 2 is 1.90 bits per heavy atom. The van der Waals surface area contributed by atoms with E-state index in [9.17, 15) is 14.4 Å². The maximum atomic E-state index is 12.9. The zero-order valence-electron chi connectivity index (χ0n) is 17.7. The molecule has 2 amide bonds. The second-order valence-electron chi connectivity index (χ2n) is 8.24. The van der Waals surface area contributed by atoms with Crippen LogP contribution in [0.5, 0.6) is 5.75 Å². The highest BCUT2D eigenvalue weighted by Crippen LogP contribution is 2.38. The molecule has 0 spiro atoms. The molecule has 2 heterocycles. The van der Waals surface area contributed by atoms with Crippen LogP contribution in [0, 0.1) is 5.41 Å². The first-order valence-corrected chi connectivity index (χ1v) is 10.2. The van der Waals surface area contributed by atoms with Gasteiger partial charge in [0, 0.05) is 24.4 Å². The highest BCUT2D eigenvalue weighted by molar-refractivity contribution is 6.04. The summed E-state index contributed by atoms with van der Waals surface area (Å²) in [6, 6.07) is 13.1. The van der Waals surface area contributed by atoms with Crippen molar-refractivity contribution in [1.82, 2.24) is 0 Å².